The number of rotatable bonds is 4. The molecular formula is C42H54O6. The number of carbonyl (C=O) groups is 2. The minimum atomic E-state index is -1.34. The van der Waals surface area contributed by atoms with E-state index in [9.17, 15) is 9.90 Å². The Morgan fingerprint density at radius 3 is 2.08 bits per heavy atom. The highest BCUT2D eigenvalue weighted by molar-refractivity contribution is 5.91. The maximum Gasteiger partial charge on any atom is 0.336 e. The minimum absolute atomic E-state index is 0.0257. The molecule has 0 spiro atoms. The molecule has 11 atom stereocenters. The summed E-state index contributed by atoms with van der Waals surface area (Å²) in [4.78, 5) is 29.5. The fourth-order valence-electron chi connectivity index (χ4n) is 11.4. The van der Waals surface area contributed by atoms with E-state index < -0.39 is 52.0 Å². The second kappa shape index (κ2) is 11.1. The first-order chi connectivity index (χ1) is 22.5. The van der Waals surface area contributed by atoms with Gasteiger partial charge in [0.1, 0.15) is 11.9 Å². The molecule has 48 heavy (non-hydrogen) atoms. The number of ether oxygens (including phenoxy) is 3. The second-order valence-corrected chi connectivity index (χ2v) is 17.5. The standard InChI is InChI=1S/C42H54O6/c1-24-20-31-40(8,23-46-31)35-33(28-18-14-11-15-19-28)42(45)22-30(25(2)32(39(42,6)7)26(3)36(43)41(24,35)9)47-37(44)34-29(21-38(4,5)48-34)27-16-12-10-13-17-27/h10-19,24,26,29-31,33-35,45H,20-23H2,1-9H3/t24-,26+,29-,30-,31+,33?,34+,35?,40+,41+,42+/m0/s1. The van der Waals surface area contributed by atoms with Crippen molar-refractivity contribution in [3.8, 4) is 0 Å². The van der Waals surface area contributed by atoms with Crippen molar-refractivity contribution < 1.29 is 28.9 Å². The SMILES string of the molecule is CC1=C2[C@@H](C)C(=O)[C@@]3(C)C(C(c4ccccc4)[C@](O)(C[C@@H]1OC(=O)[C@@H]1OC(C)(C)C[C@H]1c1ccccc1)C2(C)C)[C@]1(C)CO[C@@H]1C[C@@H]3C. The molecule has 5 aliphatic rings. The zero-order chi connectivity index (χ0) is 34.6. The van der Waals surface area contributed by atoms with Crippen molar-refractivity contribution in [3.05, 3.63) is 82.9 Å². The smallest absolute Gasteiger partial charge is 0.336 e. The van der Waals surface area contributed by atoms with Crippen LogP contribution in [0.15, 0.2) is 71.8 Å². The van der Waals surface area contributed by atoms with Crippen LogP contribution < -0.4 is 0 Å². The van der Waals surface area contributed by atoms with Gasteiger partial charge in [-0.25, -0.2) is 4.79 Å². The molecule has 2 saturated heterocycles. The molecule has 2 aliphatic heterocycles. The molecule has 2 heterocycles. The highest BCUT2D eigenvalue weighted by Crippen LogP contribution is 2.71. The lowest BCUT2D eigenvalue weighted by atomic mass is 9.38. The van der Waals surface area contributed by atoms with E-state index in [1.54, 1.807) is 0 Å². The average Bonchev–Trinajstić information content (AvgIpc) is 3.38. The highest BCUT2D eigenvalue weighted by Gasteiger charge is 2.73. The Labute approximate surface area is 286 Å². The van der Waals surface area contributed by atoms with Crippen molar-refractivity contribution in [2.24, 2.45) is 34.0 Å². The van der Waals surface area contributed by atoms with Gasteiger partial charge in [-0.2, -0.15) is 0 Å². The summed E-state index contributed by atoms with van der Waals surface area (Å²) in [6.45, 7) is 19.5. The third-order valence-corrected chi connectivity index (χ3v) is 14.0. The Hall–Kier alpha value is -2.80. The van der Waals surface area contributed by atoms with Crippen molar-refractivity contribution in [3.63, 3.8) is 0 Å². The van der Waals surface area contributed by atoms with Crippen molar-refractivity contribution in [2.45, 2.75) is 123 Å². The number of benzene rings is 2. The van der Waals surface area contributed by atoms with Crippen LogP contribution >= 0.6 is 0 Å². The van der Waals surface area contributed by atoms with E-state index in [4.69, 9.17) is 14.2 Å². The Morgan fingerprint density at radius 1 is 0.896 bits per heavy atom. The molecule has 4 fully saturated rings. The Kier molecular flexibility index (Phi) is 7.79. The molecule has 2 unspecified atom stereocenters. The first kappa shape index (κ1) is 33.7. The molecule has 0 aromatic heterocycles. The number of Topliss-reactive ketones (excluding diaryl/α,β-unsaturated/α-hetero) is 1. The van der Waals surface area contributed by atoms with E-state index in [1.807, 2.05) is 76.2 Å². The van der Waals surface area contributed by atoms with Gasteiger partial charge < -0.3 is 19.3 Å². The highest BCUT2D eigenvalue weighted by atomic mass is 16.6. The Bertz CT molecular complexity index is 1630. The monoisotopic (exact) mass is 654 g/mol. The summed E-state index contributed by atoms with van der Waals surface area (Å²) in [5, 5.41) is 13.7. The molecule has 2 saturated carbocycles. The van der Waals surface area contributed by atoms with Gasteiger partial charge in [-0.3, -0.25) is 4.79 Å². The number of ketones is 1. The minimum Gasteiger partial charge on any atom is -0.456 e. The molecule has 0 amide bonds. The van der Waals surface area contributed by atoms with Crippen LogP contribution in [0.3, 0.4) is 0 Å². The zero-order valence-corrected chi connectivity index (χ0v) is 30.2. The first-order valence-corrected chi connectivity index (χ1v) is 18.0. The summed E-state index contributed by atoms with van der Waals surface area (Å²) >= 11 is 0. The number of aliphatic hydroxyl groups is 1. The van der Waals surface area contributed by atoms with E-state index in [-0.39, 0.29) is 41.5 Å². The Morgan fingerprint density at radius 2 is 1.50 bits per heavy atom. The summed E-state index contributed by atoms with van der Waals surface area (Å²) in [6.07, 6.45) is 0.300. The second-order valence-electron chi connectivity index (χ2n) is 17.5. The lowest BCUT2D eigenvalue weighted by Crippen LogP contribution is -2.72. The number of hydrogen-bond acceptors (Lipinski definition) is 6. The van der Waals surface area contributed by atoms with E-state index in [1.165, 1.54) is 0 Å². The maximum atomic E-state index is 15.2. The third kappa shape index (κ3) is 4.61. The van der Waals surface area contributed by atoms with Gasteiger partial charge in [-0.15, -0.1) is 0 Å². The van der Waals surface area contributed by atoms with Crippen LogP contribution in [0.2, 0.25) is 0 Å². The summed E-state index contributed by atoms with van der Waals surface area (Å²) in [6, 6.07) is 20.3. The van der Waals surface area contributed by atoms with Gasteiger partial charge in [-0.1, -0.05) is 102 Å². The predicted molar refractivity (Wildman–Crippen MR) is 185 cm³/mol. The van der Waals surface area contributed by atoms with Gasteiger partial charge in [0.25, 0.3) is 0 Å². The van der Waals surface area contributed by atoms with Gasteiger partial charge in [-0.05, 0) is 67.7 Å². The summed E-state index contributed by atoms with van der Waals surface area (Å²) in [5.74, 6) is -1.33. The van der Waals surface area contributed by atoms with Crippen molar-refractivity contribution in [1.29, 1.82) is 0 Å². The third-order valence-electron chi connectivity index (χ3n) is 14.0. The maximum absolute atomic E-state index is 15.2. The Balaban J connectivity index is 1.37. The van der Waals surface area contributed by atoms with Gasteiger partial charge in [0.05, 0.1) is 23.9 Å². The van der Waals surface area contributed by atoms with Gasteiger partial charge in [0.15, 0.2) is 6.10 Å². The quantitative estimate of drug-likeness (QED) is 0.268. The molecule has 3 aliphatic carbocycles. The van der Waals surface area contributed by atoms with Gasteiger partial charge in [0, 0.05) is 40.4 Å². The van der Waals surface area contributed by atoms with E-state index in [0.29, 0.717) is 13.0 Å². The largest absolute Gasteiger partial charge is 0.456 e. The fraction of sp³-hybridized carbons (Fsp3) is 0.619. The summed E-state index contributed by atoms with van der Waals surface area (Å²) < 4.78 is 19.2. The first-order valence-electron chi connectivity index (χ1n) is 18.0. The zero-order valence-electron chi connectivity index (χ0n) is 30.2. The molecule has 2 aromatic carbocycles. The fourth-order valence-corrected chi connectivity index (χ4v) is 11.4. The topological polar surface area (TPSA) is 82.1 Å². The summed E-state index contributed by atoms with van der Waals surface area (Å²) in [5.41, 5.74) is 0.229. The predicted octanol–water partition coefficient (Wildman–Crippen LogP) is 7.80. The molecule has 6 nitrogen and oxygen atoms in total. The van der Waals surface area contributed by atoms with Crippen molar-refractivity contribution in [1.82, 2.24) is 0 Å². The van der Waals surface area contributed by atoms with Gasteiger partial charge >= 0.3 is 5.97 Å². The molecule has 2 bridgehead atoms. The van der Waals surface area contributed by atoms with Crippen LogP contribution in [0.4, 0.5) is 0 Å². The molecule has 2 aromatic rings. The molecule has 258 valence electrons. The van der Waals surface area contributed by atoms with Crippen LogP contribution in [0.5, 0.6) is 0 Å². The normalized spacial score (nSPS) is 42.9. The van der Waals surface area contributed by atoms with Crippen LogP contribution in [-0.2, 0) is 23.8 Å². The van der Waals surface area contributed by atoms with E-state index >= 15 is 4.79 Å². The van der Waals surface area contributed by atoms with Crippen LogP contribution in [0.25, 0.3) is 0 Å². The van der Waals surface area contributed by atoms with E-state index in [2.05, 4.69) is 46.8 Å². The molecule has 6 heteroatoms. The molecule has 1 N–H and O–H groups in total. The van der Waals surface area contributed by atoms with Crippen LogP contribution in [-0.4, -0.2) is 53.0 Å². The number of hydrogen-bond donors (Lipinski definition) is 1. The number of fused-ring (bicyclic) bond motifs is 5. The van der Waals surface area contributed by atoms with Crippen LogP contribution in [0, 0.1) is 34.0 Å². The van der Waals surface area contributed by atoms with Crippen molar-refractivity contribution >= 4 is 11.8 Å². The summed E-state index contributed by atoms with van der Waals surface area (Å²) in [7, 11) is 0. The average molecular weight is 655 g/mol. The number of esters is 1. The van der Waals surface area contributed by atoms with Crippen LogP contribution in [0.1, 0.15) is 105 Å². The molecule has 0 radical (unpaired) electrons. The van der Waals surface area contributed by atoms with Gasteiger partial charge in [0.2, 0.25) is 0 Å². The molecule has 7 rings (SSSR count). The van der Waals surface area contributed by atoms with Crippen molar-refractivity contribution in [2.75, 3.05) is 6.61 Å². The molecular weight excluding hydrogens is 600 g/mol. The lowest BCUT2D eigenvalue weighted by molar-refractivity contribution is -0.283. The lowest BCUT2D eigenvalue weighted by Gasteiger charge is -2.69. The number of carbonyl (C=O) groups excluding carboxylic acids is 2. The van der Waals surface area contributed by atoms with E-state index in [0.717, 1.165) is 28.7 Å².